The van der Waals surface area contributed by atoms with E-state index in [0.717, 1.165) is 49.1 Å². The highest BCUT2D eigenvalue weighted by Gasteiger charge is 2.27. The van der Waals surface area contributed by atoms with E-state index in [1.165, 1.54) is 0 Å². The number of aromatic amines is 1. The van der Waals surface area contributed by atoms with Crippen LogP contribution in [0.4, 0.5) is 0 Å². The fourth-order valence-corrected chi connectivity index (χ4v) is 3.71. The molecule has 1 amide bonds. The van der Waals surface area contributed by atoms with E-state index >= 15 is 0 Å². The fourth-order valence-electron chi connectivity index (χ4n) is 3.71. The summed E-state index contributed by atoms with van der Waals surface area (Å²) in [5.74, 6) is 0.705. The maximum absolute atomic E-state index is 12.8. The molecule has 4 rings (SSSR count). The Morgan fingerprint density at radius 2 is 1.88 bits per heavy atom. The number of H-pyrrole nitrogens is 1. The summed E-state index contributed by atoms with van der Waals surface area (Å²) in [7, 11) is 0. The Morgan fingerprint density at radius 3 is 2.64 bits per heavy atom. The molecule has 5 heteroatoms. The third kappa shape index (κ3) is 3.31. The Hall–Kier alpha value is -2.56. The summed E-state index contributed by atoms with van der Waals surface area (Å²) in [6.45, 7) is 1.24. The summed E-state index contributed by atoms with van der Waals surface area (Å²) >= 11 is 0. The van der Waals surface area contributed by atoms with Crippen molar-refractivity contribution in [3.05, 3.63) is 63.6 Å². The Kier molecular flexibility index (Phi) is 4.30. The van der Waals surface area contributed by atoms with Crippen LogP contribution in [0.15, 0.2) is 41.2 Å². The minimum Gasteiger partial charge on any atom is -0.490 e. The molecule has 1 N–H and O–H groups in total. The predicted molar refractivity (Wildman–Crippen MR) is 95.1 cm³/mol. The van der Waals surface area contributed by atoms with Crippen molar-refractivity contribution in [1.29, 1.82) is 0 Å². The van der Waals surface area contributed by atoms with Crippen LogP contribution in [0.3, 0.4) is 0 Å². The maximum atomic E-state index is 12.8. The number of pyridine rings is 1. The van der Waals surface area contributed by atoms with Crippen LogP contribution < -0.4 is 10.3 Å². The number of benzene rings is 1. The number of aryl methyl sites for hydroxylation is 2. The number of carbonyl (C=O) groups excluding carboxylic acids is 1. The molecule has 1 fully saturated rings. The van der Waals surface area contributed by atoms with Gasteiger partial charge in [-0.15, -0.1) is 0 Å². The summed E-state index contributed by atoms with van der Waals surface area (Å²) in [5, 5.41) is 0. The van der Waals surface area contributed by atoms with E-state index in [0.29, 0.717) is 13.1 Å². The molecule has 2 aromatic rings. The first-order valence-corrected chi connectivity index (χ1v) is 8.97. The van der Waals surface area contributed by atoms with Crippen LogP contribution >= 0.6 is 0 Å². The van der Waals surface area contributed by atoms with E-state index in [1.54, 1.807) is 11.0 Å². The number of aromatic nitrogens is 1. The number of carbonyl (C=O) groups is 1. The Labute approximate surface area is 146 Å². The molecule has 0 radical (unpaired) electrons. The molecular weight excluding hydrogens is 316 g/mol. The van der Waals surface area contributed by atoms with E-state index in [2.05, 4.69) is 4.98 Å². The van der Waals surface area contributed by atoms with Gasteiger partial charge in [0, 0.05) is 31.6 Å². The van der Waals surface area contributed by atoms with Gasteiger partial charge in [0.25, 0.3) is 11.5 Å². The van der Waals surface area contributed by atoms with Crippen LogP contribution in [0, 0.1) is 0 Å². The van der Waals surface area contributed by atoms with E-state index in [9.17, 15) is 9.59 Å². The van der Waals surface area contributed by atoms with Crippen LogP contribution in [0.1, 0.15) is 40.9 Å². The number of piperidine rings is 1. The van der Waals surface area contributed by atoms with Gasteiger partial charge in [-0.2, -0.15) is 0 Å². The Balaban J connectivity index is 1.41. The zero-order valence-corrected chi connectivity index (χ0v) is 14.2. The normalized spacial score (nSPS) is 17.4. The first-order valence-electron chi connectivity index (χ1n) is 8.97. The highest BCUT2D eigenvalue weighted by Crippen LogP contribution is 2.22. The van der Waals surface area contributed by atoms with Crippen molar-refractivity contribution in [1.82, 2.24) is 9.88 Å². The number of likely N-dealkylation sites (tertiary alicyclic amines) is 1. The lowest BCUT2D eigenvalue weighted by atomic mass is 10.1. The number of para-hydroxylation sites is 1. The maximum Gasteiger partial charge on any atom is 0.261 e. The average molecular weight is 338 g/mol. The number of hydrogen-bond donors (Lipinski definition) is 1. The number of fused-ring (bicyclic) bond motifs is 1. The van der Waals surface area contributed by atoms with Gasteiger partial charge in [-0.25, -0.2) is 0 Å². The van der Waals surface area contributed by atoms with Gasteiger partial charge in [-0.05, 0) is 43.0 Å². The molecule has 2 heterocycles. The molecule has 2 aliphatic rings. The average Bonchev–Trinajstić information content (AvgIpc) is 3.09. The minimum atomic E-state index is -0.256. The molecule has 1 aromatic carbocycles. The SMILES string of the molecule is O=C(c1cc2c([nH]c1=O)CCC2)N1CCC(Oc2ccccc2)CC1. The number of amides is 1. The highest BCUT2D eigenvalue weighted by molar-refractivity contribution is 5.94. The molecule has 1 aromatic heterocycles. The second-order valence-electron chi connectivity index (χ2n) is 6.79. The van der Waals surface area contributed by atoms with Crippen LogP contribution in [-0.2, 0) is 12.8 Å². The Morgan fingerprint density at radius 1 is 1.12 bits per heavy atom. The molecule has 0 bridgehead atoms. The molecule has 0 spiro atoms. The van der Waals surface area contributed by atoms with E-state index in [4.69, 9.17) is 4.74 Å². The zero-order chi connectivity index (χ0) is 17.2. The van der Waals surface area contributed by atoms with Crippen molar-refractivity contribution < 1.29 is 9.53 Å². The van der Waals surface area contributed by atoms with Crippen molar-refractivity contribution in [2.75, 3.05) is 13.1 Å². The number of ether oxygens (including phenoxy) is 1. The Bertz CT molecular complexity index is 821. The summed E-state index contributed by atoms with van der Waals surface area (Å²) in [6, 6.07) is 11.6. The molecule has 0 saturated carbocycles. The van der Waals surface area contributed by atoms with Gasteiger partial charge in [0.05, 0.1) is 0 Å². The van der Waals surface area contributed by atoms with E-state index in [1.807, 2.05) is 30.3 Å². The lowest BCUT2D eigenvalue weighted by Gasteiger charge is -2.32. The molecule has 130 valence electrons. The van der Waals surface area contributed by atoms with Gasteiger partial charge in [0.1, 0.15) is 17.4 Å². The van der Waals surface area contributed by atoms with Crippen molar-refractivity contribution >= 4 is 5.91 Å². The molecule has 0 unspecified atom stereocenters. The fraction of sp³-hybridized carbons (Fsp3) is 0.400. The van der Waals surface area contributed by atoms with Crippen molar-refractivity contribution in [3.8, 4) is 5.75 Å². The van der Waals surface area contributed by atoms with Crippen LogP contribution in [0.2, 0.25) is 0 Å². The first-order chi connectivity index (χ1) is 12.2. The van der Waals surface area contributed by atoms with Gasteiger partial charge in [-0.1, -0.05) is 18.2 Å². The second-order valence-corrected chi connectivity index (χ2v) is 6.79. The topological polar surface area (TPSA) is 62.4 Å². The largest absolute Gasteiger partial charge is 0.490 e. The summed E-state index contributed by atoms with van der Waals surface area (Å²) in [5.41, 5.74) is 2.14. The molecule has 1 aliphatic heterocycles. The van der Waals surface area contributed by atoms with Crippen LogP contribution in [-0.4, -0.2) is 35.0 Å². The van der Waals surface area contributed by atoms with Gasteiger partial charge in [0.15, 0.2) is 0 Å². The lowest BCUT2D eigenvalue weighted by molar-refractivity contribution is 0.0594. The van der Waals surface area contributed by atoms with Crippen molar-refractivity contribution in [2.24, 2.45) is 0 Å². The quantitative estimate of drug-likeness (QED) is 0.935. The van der Waals surface area contributed by atoms with Gasteiger partial charge < -0.3 is 14.6 Å². The zero-order valence-electron chi connectivity index (χ0n) is 14.2. The van der Waals surface area contributed by atoms with Crippen molar-refractivity contribution in [3.63, 3.8) is 0 Å². The number of nitrogens with zero attached hydrogens (tertiary/aromatic N) is 1. The smallest absolute Gasteiger partial charge is 0.261 e. The molecule has 5 nitrogen and oxygen atoms in total. The van der Waals surface area contributed by atoms with Gasteiger partial charge >= 0.3 is 0 Å². The van der Waals surface area contributed by atoms with E-state index in [-0.39, 0.29) is 23.1 Å². The van der Waals surface area contributed by atoms with Gasteiger partial charge in [0.2, 0.25) is 0 Å². The lowest BCUT2D eigenvalue weighted by Crippen LogP contribution is -2.43. The van der Waals surface area contributed by atoms with Crippen LogP contribution in [0.25, 0.3) is 0 Å². The summed E-state index contributed by atoms with van der Waals surface area (Å²) < 4.78 is 5.97. The van der Waals surface area contributed by atoms with E-state index < -0.39 is 0 Å². The molecule has 1 aliphatic carbocycles. The monoisotopic (exact) mass is 338 g/mol. The molecule has 1 saturated heterocycles. The predicted octanol–water partition coefficient (Wildman–Crippen LogP) is 2.55. The number of rotatable bonds is 3. The van der Waals surface area contributed by atoms with Crippen molar-refractivity contribution in [2.45, 2.75) is 38.2 Å². The molecular formula is C20H22N2O3. The van der Waals surface area contributed by atoms with Gasteiger partial charge in [-0.3, -0.25) is 9.59 Å². The van der Waals surface area contributed by atoms with Crippen LogP contribution in [0.5, 0.6) is 5.75 Å². The molecule has 25 heavy (non-hydrogen) atoms. The number of nitrogens with one attached hydrogen (secondary N) is 1. The third-order valence-corrected chi connectivity index (χ3v) is 5.09. The second kappa shape index (κ2) is 6.75. The summed E-state index contributed by atoms with van der Waals surface area (Å²) in [4.78, 5) is 29.7. The molecule has 0 atom stereocenters. The first kappa shape index (κ1) is 15.9. The highest BCUT2D eigenvalue weighted by atomic mass is 16.5. The minimum absolute atomic E-state index is 0.116. The standard InChI is InChI=1S/C20H22N2O3/c23-19-17(13-14-5-4-8-18(14)21-19)20(24)22-11-9-16(10-12-22)25-15-6-2-1-3-7-15/h1-3,6-7,13,16H,4-5,8-12H2,(H,21,23). The summed E-state index contributed by atoms with van der Waals surface area (Å²) in [6.07, 6.45) is 4.57. The third-order valence-electron chi connectivity index (χ3n) is 5.09. The number of hydrogen-bond acceptors (Lipinski definition) is 3.